The lowest BCUT2D eigenvalue weighted by Crippen LogP contribution is -2.59. The molecule has 4 rings (SSSR count). The molecule has 3 aliphatic rings. The number of allylic oxidation sites excluding steroid dienone is 2. The summed E-state index contributed by atoms with van der Waals surface area (Å²) in [7, 11) is 0. The quantitative estimate of drug-likeness (QED) is 0.646. The van der Waals surface area contributed by atoms with Crippen LogP contribution in [0.1, 0.15) is 38.8 Å². The number of carbonyl (C=O) groups excluding carboxylic acids is 1. The number of hydrogen-bond donors (Lipinski definition) is 3. The van der Waals surface area contributed by atoms with Gasteiger partial charge in [0.1, 0.15) is 17.4 Å². The molecule has 0 aromatic carbocycles. The van der Waals surface area contributed by atoms with Gasteiger partial charge >= 0.3 is 0 Å². The number of piperidine rings is 1. The number of amides is 1. The number of halogens is 2. The highest BCUT2D eigenvalue weighted by molar-refractivity contribution is 6.31. The lowest BCUT2D eigenvalue weighted by atomic mass is 9.78. The molecule has 2 fully saturated rings. The Morgan fingerprint density at radius 2 is 2.32 bits per heavy atom. The Balaban J connectivity index is 1.55. The molecule has 2 aliphatic heterocycles. The summed E-state index contributed by atoms with van der Waals surface area (Å²) in [4.78, 5) is 19.4. The number of anilines is 1. The van der Waals surface area contributed by atoms with Crippen LogP contribution in [0.3, 0.4) is 0 Å². The molecule has 1 aliphatic carbocycles. The Bertz CT molecular complexity index is 1000. The first-order valence-corrected chi connectivity index (χ1v) is 11.0. The number of fused-ring (bicyclic) bond motifs is 1. The summed E-state index contributed by atoms with van der Waals surface area (Å²) >= 11 is 6.11. The first-order valence-electron chi connectivity index (χ1n) is 10.6. The van der Waals surface area contributed by atoms with Gasteiger partial charge in [0, 0.05) is 37.2 Å². The number of nitriles is 1. The smallest absolute Gasteiger partial charge is 0.245 e. The molecule has 0 spiro atoms. The number of rotatable bonds is 5. The van der Waals surface area contributed by atoms with Crippen LogP contribution in [0.5, 0.6) is 0 Å². The standard InChI is InChI=1S/C22H26ClFN6O/c1-3-26-18-8-13(24)7-16-20(18)29-21(31)22(16,2)30-6-4-5-14(12-30)28-15-9-17(23)19(10-25)27-11-15/h8-9,11,14,16,26,28H,3-7,12H2,1-2H3,(H,29,31)/t14-,16?,22?/m1/s1. The lowest BCUT2D eigenvalue weighted by molar-refractivity contribution is -0.131. The van der Waals surface area contributed by atoms with Gasteiger partial charge in [-0.2, -0.15) is 5.26 Å². The first kappa shape index (κ1) is 21.6. The minimum Gasteiger partial charge on any atom is -0.384 e. The van der Waals surface area contributed by atoms with Gasteiger partial charge in [-0.25, -0.2) is 9.37 Å². The van der Waals surface area contributed by atoms with E-state index in [0.717, 1.165) is 30.8 Å². The van der Waals surface area contributed by atoms with Crippen LogP contribution in [-0.4, -0.2) is 47.0 Å². The summed E-state index contributed by atoms with van der Waals surface area (Å²) in [5, 5.41) is 18.9. The third-order valence-corrected chi connectivity index (χ3v) is 6.78. The van der Waals surface area contributed by atoms with E-state index >= 15 is 0 Å². The third-order valence-electron chi connectivity index (χ3n) is 6.49. The number of aromatic nitrogens is 1. The highest BCUT2D eigenvalue weighted by Crippen LogP contribution is 2.44. The molecular weight excluding hydrogens is 419 g/mol. The van der Waals surface area contributed by atoms with E-state index in [1.165, 1.54) is 6.08 Å². The minimum atomic E-state index is -0.831. The fraction of sp³-hybridized carbons (Fsp3) is 0.500. The van der Waals surface area contributed by atoms with Gasteiger partial charge in [0.15, 0.2) is 5.69 Å². The molecule has 3 N–H and O–H groups in total. The van der Waals surface area contributed by atoms with Crippen LogP contribution in [0.15, 0.2) is 35.6 Å². The summed E-state index contributed by atoms with van der Waals surface area (Å²) < 4.78 is 14.5. The number of hydrogen-bond acceptors (Lipinski definition) is 6. The number of nitrogens with zero attached hydrogens (tertiary/aromatic N) is 3. The zero-order valence-corrected chi connectivity index (χ0v) is 18.4. The summed E-state index contributed by atoms with van der Waals surface area (Å²) in [6.45, 7) is 5.92. The third kappa shape index (κ3) is 3.88. The van der Waals surface area contributed by atoms with Crippen LogP contribution in [0.2, 0.25) is 5.02 Å². The maximum Gasteiger partial charge on any atom is 0.245 e. The van der Waals surface area contributed by atoms with E-state index in [9.17, 15) is 9.18 Å². The van der Waals surface area contributed by atoms with E-state index in [1.807, 2.05) is 19.9 Å². The Hall–Kier alpha value is -2.63. The lowest BCUT2D eigenvalue weighted by Gasteiger charge is -2.45. The molecule has 0 bridgehead atoms. The number of likely N-dealkylation sites (N-methyl/N-ethyl adjacent to an activating group) is 1. The summed E-state index contributed by atoms with van der Waals surface area (Å²) in [5.74, 6) is -0.559. The highest BCUT2D eigenvalue weighted by atomic mass is 35.5. The number of carbonyl (C=O) groups is 1. The predicted octanol–water partition coefficient (Wildman–Crippen LogP) is 3.07. The molecule has 3 heterocycles. The van der Waals surface area contributed by atoms with Gasteiger partial charge in [0.05, 0.1) is 22.6 Å². The number of nitrogens with one attached hydrogen (secondary N) is 3. The van der Waals surface area contributed by atoms with Crippen LogP contribution in [0.25, 0.3) is 0 Å². The van der Waals surface area contributed by atoms with Crippen molar-refractivity contribution in [1.82, 2.24) is 20.5 Å². The maximum atomic E-state index is 14.5. The maximum absolute atomic E-state index is 14.5. The van der Waals surface area contributed by atoms with Gasteiger partial charge in [-0.05, 0) is 45.4 Å². The molecule has 31 heavy (non-hydrogen) atoms. The average molecular weight is 445 g/mol. The van der Waals surface area contributed by atoms with Crippen LogP contribution in [0, 0.1) is 17.2 Å². The number of pyridine rings is 1. The van der Waals surface area contributed by atoms with Crippen LogP contribution >= 0.6 is 11.6 Å². The van der Waals surface area contributed by atoms with E-state index in [1.54, 1.807) is 12.3 Å². The zero-order chi connectivity index (χ0) is 22.2. The summed E-state index contributed by atoms with van der Waals surface area (Å²) in [5.41, 5.74) is 1.55. The van der Waals surface area contributed by atoms with Crippen LogP contribution < -0.4 is 16.0 Å². The van der Waals surface area contributed by atoms with Crippen molar-refractivity contribution < 1.29 is 9.18 Å². The Morgan fingerprint density at radius 1 is 1.52 bits per heavy atom. The fourth-order valence-electron chi connectivity index (χ4n) is 4.87. The fourth-order valence-corrected chi connectivity index (χ4v) is 5.08. The molecule has 2 saturated heterocycles. The summed E-state index contributed by atoms with van der Waals surface area (Å²) in [6.07, 6.45) is 5.13. The second-order valence-electron chi connectivity index (χ2n) is 8.40. The van der Waals surface area contributed by atoms with Crippen molar-refractivity contribution in [2.45, 2.75) is 44.7 Å². The second-order valence-corrected chi connectivity index (χ2v) is 8.81. The molecule has 9 heteroatoms. The van der Waals surface area contributed by atoms with Gasteiger partial charge < -0.3 is 16.0 Å². The molecule has 2 unspecified atom stereocenters. The zero-order valence-electron chi connectivity index (χ0n) is 17.6. The van der Waals surface area contributed by atoms with Crippen molar-refractivity contribution >= 4 is 23.2 Å². The molecule has 0 saturated carbocycles. The van der Waals surface area contributed by atoms with Crippen LogP contribution in [-0.2, 0) is 4.79 Å². The first-order chi connectivity index (χ1) is 14.9. The Labute approximate surface area is 186 Å². The molecule has 1 amide bonds. The largest absolute Gasteiger partial charge is 0.384 e. The Morgan fingerprint density at radius 3 is 3.03 bits per heavy atom. The minimum absolute atomic E-state index is 0.0782. The van der Waals surface area contributed by atoms with Gasteiger partial charge in [-0.1, -0.05) is 11.6 Å². The normalized spacial score (nSPS) is 28.5. The van der Waals surface area contributed by atoms with Crippen molar-refractivity contribution in [2.24, 2.45) is 5.92 Å². The molecule has 1 aromatic heterocycles. The highest BCUT2D eigenvalue weighted by Gasteiger charge is 2.55. The monoisotopic (exact) mass is 444 g/mol. The van der Waals surface area contributed by atoms with Crippen molar-refractivity contribution in [3.05, 3.63) is 46.3 Å². The van der Waals surface area contributed by atoms with Crippen molar-refractivity contribution in [2.75, 3.05) is 25.0 Å². The number of likely N-dealkylation sites (tertiary alicyclic amines) is 1. The SMILES string of the molecule is CCNC1=C2NC(=O)C(C)(N3CCC[C@@H](Nc4cnc(C#N)c(Cl)c4)C3)C2CC(F)=C1. The van der Waals surface area contributed by atoms with Crippen molar-refractivity contribution in [3.63, 3.8) is 0 Å². The van der Waals surface area contributed by atoms with E-state index in [2.05, 4.69) is 25.8 Å². The van der Waals surface area contributed by atoms with E-state index < -0.39 is 5.54 Å². The van der Waals surface area contributed by atoms with E-state index in [0.29, 0.717) is 23.8 Å². The topological polar surface area (TPSA) is 93.1 Å². The molecule has 0 radical (unpaired) electrons. The average Bonchev–Trinajstić information content (AvgIpc) is 3.00. The van der Waals surface area contributed by atoms with Gasteiger partial charge in [-0.3, -0.25) is 9.69 Å². The second kappa shape index (κ2) is 8.48. The van der Waals surface area contributed by atoms with Crippen molar-refractivity contribution in [3.8, 4) is 6.07 Å². The molecule has 164 valence electrons. The van der Waals surface area contributed by atoms with Crippen LogP contribution in [0.4, 0.5) is 10.1 Å². The molecule has 3 atom stereocenters. The van der Waals surface area contributed by atoms with Gasteiger partial charge in [-0.15, -0.1) is 0 Å². The van der Waals surface area contributed by atoms with Crippen molar-refractivity contribution in [1.29, 1.82) is 5.26 Å². The van der Waals surface area contributed by atoms with Gasteiger partial charge in [0.25, 0.3) is 0 Å². The van der Waals surface area contributed by atoms with E-state index in [-0.39, 0.29) is 35.8 Å². The van der Waals surface area contributed by atoms with Gasteiger partial charge in [0.2, 0.25) is 5.91 Å². The Kier molecular flexibility index (Phi) is 5.91. The summed E-state index contributed by atoms with van der Waals surface area (Å²) in [6, 6.07) is 3.73. The molecule has 1 aromatic rings. The predicted molar refractivity (Wildman–Crippen MR) is 117 cm³/mol. The van der Waals surface area contributed by atoms with E-state index in [4.69, 9.17) is 16.9 Å². The molecule has 7 nitrogen and oxygen atoms in total. The molecular formula is C22H26ClFN6O.